The van der Waals surface area contributed by atoms with Gasteiger partial charge in [0.05, 0.1) is 0 Å². The standard InChI is InChI=1S/C36H71N/c1-10-28(6)23-35(27(4)5)30(8)34(24-31-16-12-11-13-17-31)25-36(9,37)22-14-15-29(7)33-20-18-32(19-21-33)26(2)3/h26-35H,10-25,37H2,1-9H3. The molecule has 2 N–H and O–H groups in total. The molecule has 0 bridgehead atoms. The predicted octanol–water partition coefficient (Wildman–Crippen LogP) is 11.3. The lowest BCUT2D eigenvalue weighted by atomic mass is 9.66. The van der Waals surface area contributed by atoms with Gasteiger partial charge in [0.2, 0.25) is 0 Å². The smallest absolute Gasteiger partial charge is 0.0128 e. The van der Waals surface area contributed by atoms with E-state index >= 15 is 0 Å². The van der Waals surface area contributed by atoms with Crippen molar-refractivity contribution in [1.29, 1.82) is 0 Å². The van der Waals surface area contributed by atoms with Gasteiger partial charge in [-0.05, 0) is 117 Å². The molecule has 6 atom stereocenters. The maximum Gasteiger partial charge on any atom is 0.0128 e. The van der Waals surface area contributed by atoms with E-state index < -0.39 is 0 Å². The molecule has 2 saturated carbocycles. The molecule has 6 unspecified atom stereocenters. The molecular weight excluding hydrogens is 446 g/mol. The lowest BCUT2D eigenvalue weighted by Gasteiger charge is -2.41. The minimum Gasteiger partial charge on any atom is -0.325 e. The van der Waals surface area contributed by atoms with Crippen LogP contribution in [0.4, 0.5) is 0 Å². The summed E-state index contributed by atoms with van der Waals surface area (Å²) >= 11 is 0. The van der Waals surface area contributed by atoms with Gasteiger partial charge in [0.1, 0.15) is 0 Å². The van der Waals surface area contributed by atoms with Gasteiger partial charge in [-0.2, -0.15) is 0 Å². The van der Waals surface area contributed by atoms with Gasteiger partial charge in [-0.1, -0.05) is 107 Å². The molecule has 0 aromatic rings. The monoisotopic (exact) mass is 518 g/mol. The summed E-state index contributed by atoms with van der Waals surface area (Å²) in [5.41, 5.74) is 7.17. The van der Waals surface area contributed by atoms with Gasteiger partial charge in [0.15, 0.2) is 0 Å². The molecule has 37 heavy (non-hydrogen) atoms. The highest BCUT2D eigenvalue weighted by atomic mass is 14.7. The lowest BCUT2D eigenvalue weighted by molar-refractivity contribution is 0.109. The Morgan fingerprint density at radius 2 is 1.41 bits per heavy atom. The Balaban J connectivity index is 1.96. The van der Waals surface area contributed by atoms with E-state index in [9.17, 15) is 0 Å². The molecule has 0 saturated heterocycles. The first-order valence-corrected chi connectivity index (χ1v) is 17.2. The van der Waals surface area contributed by atoms with E-state index in [1.165, 1.54) is 103 Å². The van der Waals surface area contributed by atoms with Crippen LogP contribution in [0.5, 0.6) is 0 Å². The molecule has 1 heteroatoms. The highest BCUT2D eigenvalue weighted by Gasteiger charge is 2.35. The molecule has 0 spiro atoms. The Kier molecular flexibility index (Phi) is 14.6. The van der Waals surface area contributed by atoms with Gasteiger partial charge in [-0.25, -0.2) is 0 Å². The van der Waals surface area contributed by atoms with Crippen LogP contribution in [-0.2, 0) is 0 Å². The van der Waals surface area contributed by atoms with Crippen LogP contribution in [0.15, 0.2) is 0 Å². The van der Waals surface area contributed by atoms with Crippen LogP contribution in [0.3, 0.4) is 0 Å². The molecule has 0 aromatic heterocycles. The second-order valence-electron chi connectivity index (χ2n) is 15.7. The first-order chi connectivity index (χ1) is 17.4. The zero-order valence-electron chi connectivity index (χ0n) is 27.2. The van der Waals surface area contributed by atoms with Gasteiger partial charge in [0.25, 0.3) is 0 Å². The first kappa shape index (κ1) is 33.2. The van der Waals surface area contributed by atoms with E-state index in [4.69, 9.17) is 5.73 Å². The third kappa shape index (κ3) is 11.5. The molecule has 0 aliphatic heterocycles. The third-order valence-electron chi connectivity index (χ3n) is 11.7. The van der Waals surface area contributed by atoms with Crippen molar-refractivity contribution in [3.8, 4) is 0 Å². The summed E-state index contributed by atoms with van der Waals surface area (Å²) in [6, 6.07) is 0. The van der Waals surface area contributed by atoms with Crippen molar-refractivity contribution in [3.63, 3.8) is 0 Å². The summed E-state index contributed by atoms with van der Waals surface area (Å²) in [4.78, 5) is 0. The summed E-state index contributed by atoms with van der Waals surface area (Å²) in [6.45, 7) is 22.2. The van der Waals surface area contributed by atoms with E-state index in [1.54, 1.807) is 0 Å². The molecule has 2 aliphatic carbocycles. The average molecular weight is 518 g/mol. The molecule has 2 aliphatic rings. The molecule has 0 heterocycles. The predicted molar refractivity (Wildman–Crippen MR) is 167 cm³/mol. The molecule has 0 radical (unpaired) electrons. The van der Waals surface area contributed by atoms with Crippen molar-refractivity contribution in [1.82, 2.24) is 0 Å². The molecule has 1 nitrogen and oxygen atoms in total. The van der Waals surface area contributed by atoms with Gasteiger partial charge in [-0.15, -0.1) is 0 Å². The summed E-state index contributed by atoms with van der Waals surface area (Å²) in [6.07, 6.45) is 22.5. The zero-order chi connectivity index (χ0) is 27.6. The summed E-state index contributed by atoms with van der Waals surface area (Å²) < 4.78 is 0. The quantitative estimate of drug-likeness (QED) is 0.216. The number of rotatable bonds is 16. The van der Waals surface area contributed by atoms with Gasteiger partial charge in [-0.3, -0.25) is 0 Å². The van der Waals surface area contributed by atoms with Gasteiger partial charge in [0, 0.05) is 5.54 Å². The molecule has 220 valence electrons. The maximum atomic E-state index is 7.18. The van der Waals surface area contributed by atoms with Gasteiger partial charge >= 0.3 is 0 Å². The van der Waals surface area contributed by atoms with Gasteiger partial charge < -0.3 is 5.73 Å². The largest absolute Gasteiger partial charge is 0.325 e. The summed E-state index contributed by atoms with van der Waals surface area (Å²) in [7, 11) is 0. The fraction of sp³-hybridized carbons (Fsp3) is 1.00. The Morgan fingerprint density at radius 1 is 0.811 bits per heavy atom. The number of nitrogens with two attached hydrogens (primary N) is 1. The Labute approximate surface area is 235 Å². The van der Waals surface area contributed by atoms with Crippen LogP contribution in [0.2, 0.25) is 0 Å². The second-order valence-corrected chi connectivity index (χ2v) is 15.7. The van der Waals surface area contributed by atoms with Crippen molar-refractivity contribution >= 4 is 0 Å². The zero-order valence-corrected chi connectivity index (χ0v) is 27.2. The van der Waals surface area contributed by atoms with Crippen molar-refractivity contribution in [2.24, 2.45) is 64.9 Å². The SMILES string of the molecule is CCC(C)CC(C(C)C)C(C)C(CC1CCCCC1)CC(C)(N)CCCC(C)C1CCC(C(C)C)CC1. The topological polar surface area (TPSA) is 26.0 Å². The number of hydrogen-bond acceptors (Lipinski definition) is 1. The van der Waals surface area contributed by atoms with Crippen LogP contribution in [0.1, 0.15) is 165 Å². The summed E-state index contributed by atoms with van der Waals surface area (Å²) in [5, 5.41) is 0. The normalized spacial score (nSPS) is 27.6. The molecular formula is C36H71N. The maximum absolute atomic E-state index is 7.18. The van der Waals surface area contributed by atoms with Crippen LogP contribution < -0.4 is 5.73 Å². The van der Waals surface area contributed by atoms with Crippen LogP contribution in [0, 0.1) is 59.2 Å². The minimum atomic E-state index is -0.0134. The van der Waals surface area contributed by atoms with Crippen molar-refractivity contribution in [2.75, 3.05) is 0 Å². The fourth-order valence-corrected chi connectivity index (χ4v) is 8.55. The Hall–Kier alpha value is -0.0400. The van der Waals surface area contributed by atoms with E-state index in [0.717, 1.165) is 59.2 Å². The van der Waals surface area contributed by atoms with E-state index in [-0.39, 0.29) is 5.54 Å². The third-order valence-corrected chi connectivity index (χ3v) is 11.7. The Bertz CT molecular complexity index is 577. The van der Waals surface area contributed by atoms with E-state index in [2.05, 4.69) is 62.3 Å². The van der Waals surface area contributed by atoms with Crippen molar-refractivity contribution in [3.05, 3.63) is 0 Å². The average Bonchev–Trinajstić information content (AvgIpc) is 2.86. The van der Waals surface area contributed by atoms with Crippen molar-refractivity contribution in [2.45, 2.75) is 171 Å². The number of hydrogen-bond donors (Lipinski definition) is 1. The summed E-state index contributed by atoms with van der Waals surface area (Å²) in [5.74, 6) is 8.67. The molecule has 0 amide bonds. The highest BCUT2D eigenvalue weighted by molar-refractivity contribution is 4.89. The Morgan fingerprint density at radius 3 is 1.95 bits per heavy atom. The highest BCUT2D eigenvalue weighted by Crippen LogP contribution is 2.43. The molecule has 2 rings (SSSR count). The van der Waals surface area contributed by atoms with Crippen LogP contribution in [-0.4, -0.2) is 5.54 Å². The van der Waals surface area contributed by atoms with E-state index in [0.29, 0.717) is 0 Å². The second kappa shape index (κ2) is 16.3. The molecule has 2 fully saturated rings. The fourth-order valence-electron chi connectivity index (χ4n) is 8.55. The van der Waals surface area contributed by atoms with Crippen LogP contribution in [0.25, 0.3) is 0 Å². The molecule has 0 aromatic carbocycles. The van der Waals surface area contributed by atoms with Crippen molar-refractivity contribution < 1.29 is 0 Å². The first-order valence-electron chi connectivity index (χ1n) is 17.2. The van der Waals surface area contributed by atoms with E-state index in [1.807, 2.05) is 0 Å². The minimum absolute atomic E-state index is 0.0134. The lowest BCUT2D eigenvalue weighted by Crippen LogP contribution is -2.41. The van der Waals surface area contributed by atoms with Crippen LogP contribution >= 0.6 is 0 Å².